The minimum atomic E-state index is 0.263. The molecule has 138 valence electrons. The van der Waals surface area contributed by atoms with Crippen molar-refractivity contribution in [1.29, 1.82) is 0 Å². The molecule has 2 aromatic heterocycles. The Bertz CT molecular complexity index is 724. The van der Waals surface area contributed by atoms with Gasteiger partial charge in [-0.05, 0) is 53.5 Å². The average molecular weight is 363 g/mol. The summed E-state index contributed by atoms with van der Waals surface area (Å²) in [5.41, 5.74) is 4.74. The second-order valence-electron chi connectivity index (χ2n) is 6.47. The van der Waals surface area contributed by atoms with Crippen LogP contribution in [0.1, 0.15) is 46.4 Å². The predicted octanol–water partition coefficient (Wildman–Crippen LogP) is 2.80. The summed E-state index contributed by atoms with van der Waals surface area (Å²) in [6, 6.07) is 0.263. The van der Waals surface area contributed by atoms with Gasteiger partial charge in [0.15, 0.2) is 5.96 Å². The third kappa shape index (κ3) is 5.04. The fourth-order valence-electron chi connectivity index (χ4n) is 2.78. The summed E-state index contributed by atoms with van der Waals surface area (Å²) in [4.78, 5) is 10.5. The van der Waals surface area contributed by atoms with Crippen LogP contribution in [-0.4, -0.2) is 33.3 Å². The van der Waals surface area contributed by atoms with Gasteiger partial charge in [-0.15, -0.1) is 11.3 Å². The molecule has 1 atom stereocenters. The van der Waals surface area contributed by atoms with Gasteiger partial charge in [-0.2, -0.15) is 5.10 Å². The Morgan fingerprint density at radius 1 is 1.24 bits per heavy atom. The Morgan fingerprint density at radius 3 is 2.48 bits per heavy atom. The number of hydrogen-bond acceptors (Lipinski definition) is 4. The lowest BCUT2D eigenvalue weighted by Gasteiger charge is -2.18. The maximum atomic E-state index is 4.69. The number of thiazole rings is 1. The molecule has 0 aliphatic heterocycles. The number of guanidine groups is 1. The molecular formula is C18H30N6S. The highest BCUT2D eigenvalue weighted by Crippen LogP contribution is 2.17. The van der Waals surface area contributed by atoms with E-state index in [1.54, 1.807) is 11.3 Å². The zero-order chi connectivity index (χ0) is 18.6. The summed E-state index contributed by atoms with van der Waals surface area (Å²) in [6.07, 6.45) is 0.922. The van der Waals surface area contributed by atoms with Gasteiger partial charge < -0.3 is 10.6 Å². The van der Waals surface area contributed by atoms with Crippen molar-refractivity contribution in [3.63, 3.8) is 0 Å². The molecule has 25 heavy (non-hydrogen) atoms. The number of aromatic nitrogens is 3. The third-order valence-corrected chi connectivity index (χ3v) is 5.40. The molecule has 2 heterocycles. The molecule has 0 aliphatic carbocycles. The summed E-state index contributed by atoms with van der Waals surface area (Å²) < 4.78 is 1.95. The Balaban J connectivity index is 2.03. The number of nitrogens with zero attached hydrogens (tertiary/aromatic N) is 4. The number of aliphatic imine (C=N–C) groups is 1. The van der Waals surface area contributed by atoms with E-state index in [4.69, 9.17) is 4.99 Å². The van der Waals surface area contributed by atoms with E-state index in [1.165, 1.54) is 16.1 Å². The number of nitrogens with one attached hydrogen (secondary N) is 2. The van der Waals surface area contributed by atoms with E-state index in [-0.39, 0.29) is 6.04 Å². The number of rotatable bonds is 6. The van der Waals surface area contributed by atoms with Gasteiger partial charge in [0.1, 0.15) is 5.01 Å². The molecule has 0 fully saturated rings. The van der Waals surface area contributed by atoms with E-state index in [2.05, 4.69) is 55.3 Å². The van der Waals surface area contributed by atoms with Gasteiger partial charge in [0.25, 0.3) is 0 Å². The highest BCUT2D eigenvalue weighted by molar-refractivity contribution is 7.11. The van der Waals surface area contributed by atoms with Crippen molar-refractivity contribution in [2.75, 3.05) is 6.54 Å². The normalized spacial score (nSPS) is 13.2. The SMILES string of the molecule is CCNC(=NCc1nc(C)c(C)s1)NC(C)Cc1c(C)nn(C)c1C. The first-order valence-corrected chi connectivity index (χ1v) is 9.60. The fourth-order valence-corrected chi connectivity index (χ4v) is 3.64. The Kier molecular flexibility index (Phi) is 6.58. The van der Waals surface area contributed by atoms with Crippen molar-refractivity contribution in [2.45, 2.75) is 60.5 Å². The smallest absolute Gasteiger partial charge is 0.191 e. The van der Waals surface area contributed by atoms with Crippen molar-refractivity contribution in [3.05, 3.63) is 32.5 Å². The van der Waals surface area contributed by atoms with Crippen molar-refractivity contribution in [2.24, 2.45) is 12.0 Å². The van der Waals surface area contributed by atoms with E-state index in [1.807, 2.05) is 18.7 Å². The van der Waals surface area contributed by atoms with Crippen LogP contribution >= 0.6 is 11.3 Å². The van der Waals surface area contributed by atoms with E-state index in [9.17, 15) is 0 Å². The fraction of sp³-hybridized carbons (Fsp3) is 0.611. The van der Waals surface area contributed by atoms with Crippen LogP contribution in [0.5, 0.6) is 0 Å². The standard InChI is InChI=1S/C18H30N6S/c1-8-19-18(20-10-17-22-12(3)15(6)25-17)21-11(2)9-16-13(4)23-24(7)14(16)5/h11H,8-10H2,1-7H3,(H2,19,20,21). The van der Waals surface area contributed by atoms with Crippen LogP contribution in [0.3, 0.4) is 0 Å². The summed E-state index contributed by atoms with van der Waals surface area (Å²) in [5, 5.41) is 12.4. The average Bonchev–Trinajstić information content (AvgIpc) is 2.98. The quantitative estimate of drug-likeness (QED) is 0.612. The first kappa shape index (κ1) is 19.4. The lowest BCUT2D eigenvalue weighted by Crippen LogP contribution is -2.43. The second kappa shape index (κ2) is 8.47. The van der Waals surface area contributed by atoms with Crippen LogP contribution in [0.2, 0.25) is 0 Å². The number of hydrogen-bond donors (Lipinski definition) is 2. The topological polar surface area (TPSA) is 67.1 Å². The van der Waals surface area contributed by atoms with Crippen molar-refractivity contribution in [3.8, 4) is 0 Å². The molecule has 1 unspecified atom stereocenters. The molecule has 0 spiro atoms. The molecule has 0 amide bonds. The molecule has 0 saturated heterocycles. The molecule has 0 bridgehead atoms. The minimum absolute atomic E-state index is 0.263. The zero-order valence-electron chi connectivity index (χ0n) is 16.4. The molecule has 6 nitrogen and oxygen atoms in total. The Labute approximate surface area is 154 Å². The molecule has 0 saturated carbocycles. The highest BCUT2D eigenvalue weighted by Gasteiger charge is 2.14. The van der Waals surface area contributed by atoms with E-state index >= 15 is 0 Å². The molecule has 7 heteroatoms. The summed E-state index contributed by atoms with van der Waals surface area (Å²) in [5.74, 6) is 0.833. The van der Waals surface area contributed by atoms with Crippen LogP contribution in [-0.2, 0) is 20.0 Å². The molecule has 2 aromatic rings. The van der Waals surface area contributed by atoms with Crippen LogP contribution in [0.15, 0.2) is 4.99 Å². The van der Waals surface area contributed by atoms with Gasteiger partial charge in [-0.1, -0.05) is 0 Å². The monoisotopic (exact) mass is 362 g/mol. The van der Waals surface area contributed by atoms with Gasteiger partial charge in [-0.25, -0.2) is 9.98 Å². The van der Waals surface area contributed by atoms with E-state index < -0.39 is 0 Å². The number of aryl methyl sites for hydroxylation is 4. The lowest BCUT2D eigenvalue weighted by molar-refractivity contribution is 0.635. The second-order valence-corrected chi connectivity index (χ2v) is 7.75. The Morgan fingerprint density at radius 2 is 1.96 bits per heavy atom. The van der Waals surface area contributed by atoms with Crippen molar-refractivity contribution < 1.29 is 0 Å². The summed E-state index contributed by atoms with van der Waals surface area (Å²) in [6.45, 7) is 14.0. The first-order valence-electron chi connectivity index (χ1n) is 8.78. The summed E-state index contributed by atoms with van der Waals surface area (Å²) in [7, 11) is 1.99. The molecule has 0 radical (unpaired) electrons. The third-order valence-electron chi connectivity index (χ3n) is 4.34. The largest absolute Gasteiger partial charge is 0.357 e. The summed E-state index contributed by atoms with van der Waals surface area (Å²) >= 11 is 1.72. The Hall–Kier alpha value is -1.89. The van der Waals surface area contributed by atoms with Crippen molar-refractivity contribution in [1.82, 2.24) is 25.4 Å². The van der Waals surface area contributed by atoms with Crippen LogP contribution in [0, 0.1) is 27.7 Å². The van der Waals surface area contributed by atoms with Gasteiger partial charge in [-0.3, -0.25) is 4.68 Å². The first-order chi connectivity index (χ1) is 11.8. The van der Waals surface area contributed by atoms with Crippen LogP contribution < -0.4 is 10.6 Å². The predicted molar refractivity (Wildman–Crippen MR) is 105 cm³/mol. The maximum Gasteiger partial charge on any atom is 0.191 e. The maximum absolute atomic E-state index is 4.69. The molecule has 2 rings (SSSR count). The van der Waals surface area contributed by atoms with E-state index in [0.29, 0.717) is 6.54 Å². The molecule has 0 aromatic carbocycles. The van der Waals surface area contributed by atoms with Gasteiger partial charge in [0.05, 0.1) is 17.9 Å². The van der Waals surface area contributed by atoms with Crippen molar-refractivity contribution >= 4 is 17.3 Å². The minimum Gasteiger partial charge on any atom is -0.357 e. The van der Waals surface area contributed by atoms with Gasteiger partial charge >= 0.3 is 0 Å². The molecule has 0 aliphatic rings. The molecule has 2 N–H and O–H groups in total. The van der Waals surface area contributed by atoms with Gasteiger partial charge in [0.2, 0.25) is 0 Å². The lowest BCUT2D eigenvalue weighted by atomic mass is 10.1. The van der Waals surface area contributed by atoms with Gasteiger partial charge in [0, 0.05) is 30.2 Å². The molecular weight excluding hydrogens is 332 g/mol. The van der Waals surface area contributed by atoms with E-state index in [0.717, 1.165) is 35.3 Å². The van der Waals surface area contributed by atoms with Crippen LogP contribution in [0.25, 0.3) is 0 Å². The van der Waals surface area contributed by atoms with Crippen LogP contribution in [0.4, 0.5) is 0 Å². The zero-order valence-corrected chi connectivity index (χ0v) is 17.2. The highest BCUT2D eigenvalue weighted by atomic mass is 32.1.